The molecule has 0 spiro atoms. The molecule has 1 nitrogen and oxygen atoms in total. The van der Waals surface area contributed by atoms with Crippen LogP contribution in [0.4, 0.5) is 8.78 Å². The summed E-state index contributed by atoms with van der Waals surface area (Å²) < 4.78 is 24.8. The van der Waals surface area contributed by atoms with Gasteiger partial charge in [-0.15, -0.1) is 0 Å². The van der Waals surface area contributed by atoms with Gasteiger partial charge in [-0.2, -0.15) is 0 Å². The highest BCUT2D eigenvalue weighted by molar-refractivity contribution is 6.17. The van der Waals surface area contributed by atoms with Gasteiger partial charge in [-0.25, -0.2) is 8.78 Å². The number of aldehydes is 1. The van der Waals surface area contributed by atoms with Gasteiger partial charge in [-0.05, 0) is 12.8 Å². The molecule has 0 bridgehead atoms. The second-order valence-electron chi connectivity index (χ2n) is 3.04. The fourth-order valence-electron chi connectivity index (χ4n) is 1.35. The minimum absolute atomic E-state index is 0.171. The Morgan fingerprint density at radius 2 is 2.33 bits per heavy atom. The van der Waals surface area contributed by atoms with Crippen LogP contribution >= 0.6 is 0 Å². The predicted molar refractivity (Wildman–Crippen MR) is 42.4 cm³/mol. The number of rotatable bonds is 2. The third-order valence-corrected chi connectivity index (χ3v) is 2.26. The molecular formula is C8H9BF2O. The first-order valence-corrected chi connectivity index (χ1v) is 3.80. The second kappa shape index (κ2) is 3.38. The molecule has 2 atom stereocenters. The maximum atomic E-state index is 12.4. The van der Waals surface area contributed by atoms with Crippen molar-refractivity contribution in [2.45, 2.75) is 24.6 Å². The van der Waals surface area contributed by atoms with E-state index in [0.29, 0.717) is 12.7 Å². The Morgan fingerprint density at radius 1 is 1.67 bits per heavy atom. The summed E-state index contributed by atoms with van der Waals surface area (Å²) in [6.45, 7) is 0. The summed E-state index contributed by atoms with van der Waals surface area (Å²) >= 11 is 0. The largest absolute Gasteiger partial charge is 0.303 e. The number of carbonyl (C=O) groups excluding carboxylic acids is 1. The van der Waals surface area contributed by atoms with E-state index in [1.54, 1.807) is 6.08 Å². The van der Waals surface area contributed by atoms with Crippen LogP contribution in [0.5, 0.6) is 0 Å². The zero-order valence-corrected chi connectivity index (χ0v) is 6.54. The van der Waals surface area contributed by atoms with Crippen molar-refractivity contribution in [3.63, 3.8) is 0 Å². The molecule has 2 unspecified atom stereocenters. The van der Waals surface area contributed by atoms with Gasteiger partial charge < -0.3 is 4.79 Å². The maximum absolute atomic E-state index is 12.4. The minimum atomic E-state index is -2.64. The lowest BCUT2D eigenvalue weighted by molar-refractivity contribution is -0.112. The molecule has 64 valence electrons. The van der Waals surface area contributed by atoms with Crippen molar-refractivity contribution < 1.29 is 13.6 Å². The third kappa shape index (κ3) is 1.42. The van der Waals surface area contributed by atoms with Gasteiger partial charge >= 0.3 is 0 Å². The van der Waals surface area contributed by atoms with Crippen molar-refractivity contribution in [3.05, 3.63) is 12.2 Å². The van der Waals surface area contributed by atoms with E-state index >= 15 is 0 Å². The molecule has 1 rings (SSSR count). The quantitative estimate of drug-likeness (QED) is 0.350. The monoisotopic (exact) mass is 170 g/mol. The van der Waals surface area contributed by atoms with Crippen LogP contribution in [0.2, 0.25) is 5.31 Å². The Hall–Kier alpha value is -0.665. The fourth-order valence-corrected chi connectivity index (χ4v) is 1.35. The number of alkyl halides is 2. The highest BCUT2D eigenvalue weighted by atomic mass is 19.3. The van der Waals surface area contributed by atoms with E-state index in [9.17, 15) is 13.6 Å². The summed E-state index contributed by atoms with van der Waals surface area (Å²) in [4.78, 5) is 10.4. The summed E-state index contributed by atoms with van der Waals surface area (Å²) in [6.07, 6.45) is 1.71. The van der Waals surface area contributed by atoms with E-state index in [1.165, 1.54) is 6.08 Å². The van der Waals surface area contributed by atoms with Crippen LogP contribution in [0.3, 0.4) is 0 Å². The second-order valence-corrected chi connectivity index (χ2v) is 3.04. The van der Waals surface area contributed by atoms with Gasteiger partial charge in [0.25, 0.3) is 0 Å². The number of halogens is 2. The van der Waals surface area contributed by atoms with Gasteiger partial charge in [0.05, 0.1) is 7.85 Å². The molecule has 0 aromatic heterocycles. The Kier molecular flexibility index (Phi) is 2.65. The third-order valence-electron chi connectivity index (χ3n) is 2.26. The molecule has 12 heavy (non-hydrogen) atoms. The van der Waals surface area contributed by atoms with Crippen LogP contribution in [0.25, 0.3) is 0 Å². The molecule has 2 radical (unpaired) electrons. The Morgan fingerprint density at radius 3 is 2.75 bits per heavy atom. The highest BCUT2D eigenvalue weighted by Gasteiger charge is 2.41. The van der Waals surface area contributed by atoms with E-state index < -0.39 is 17.7 Å². The molecule has 4 heteroatoms. The van der Waals surface area contributed by atoms with Crippen LogP contribution in [-0.2, 0) is 4.79 Å². The van der Waals surface area contributed by atoms with Crippen molar-refractivity contribution in [3.8, 4) is 0 Å². The lowest BCUT2D eigenvalue weighted by Gasteiger charge is -2.35. The van der Waals surface area contributed by atoms with Crippen LogP contribution in [0.15, 0.2) is 12.2 Å². The minimum Gasteiger partial charge on any atom is -0.303 e. The van der Waals surface area contributed by atoms with Gasteiger partial charge in [0.2, 0.25) is 6.43 Å². The normalized spacial score (nSPS) is 35.4. The first-order chi connectivity index (χ1) is 5.61. The average molecular weight is 170 g/mol. The topological polar surface area (TPSA) is 17.1 Å². The summed E-state index contributed by atoms with van der Waals surface area (Å²) in [7, 11) is 5.42. The molecule has 0 fully saturated rings. The predicted octanol–water partition coefficient (Wildman–Crippen LogP) is 1.74. The number of hydrogen-bond acceptors (Lipinski definition) is 1. The molecule has 0 saturated carbocycles. The van der Waals surface area contributed by atoms with Gasteiger partial charge in [0.15, 0.2) is 0 Å². The molecule has 0 amide bonds. The number of carbonyl (C=O) groups is 1. The summed E-state index contributed by atoms with van der Waals surface area (Å²) in [5, 5.41) is -1.64. The van der Waals surface area contributed by atoms with Crippen molar-refractivity contribution in [1.82, 2.24) is 0 Å². The first kappa shape index (κ1) is 9.42. The highest BCUT2D eigenvalue weighted by Crippen LogP contribution is 2.45. The molecule has 0 N–H and O–H groups in total. The van der Waals surface area contributed by atoms with E-state index in [2.05, 4.69) is 0 Å². The zero-order valence-electron chi connectivity index (χ0n) is 6.54. The number of allylic oxidation sites excluding steroid dienone is 2. The molecule has 0 heterocycles. The van der Waals surface area contributed by atoms with Crippen LogP contribution < -0.4 is 0 Å². The van der Waals surface area contributed by atoms with Crippen LogP contribution in [0.1, 0.15) is 12.8 Å². The van der Waals surface area contributed by atoms with Crippen molar-refractivity contribution in [1.29, 1.82) is 0 Å². The van der Waals surface area contributed by atoms with Crippen LogP contribution in [-0.4, -0.2) is 20.6 Å². The molecule has 0 saturated heterocycles. The molecule has 0 aliphatic heterocycles. The summed E-state index contributed by atoms with van der Waals surface area (Å²) in [5.41, 5.74) is 0. The molecule has 1 aliphatic carbocycles. The average Bonchev–Trinajstić information content (AvgIpc) is 2.05. The molecule has 0 aromatic carbocycles. The molecule has 0 aromatic rings. The number of hydrogen-bond donors (Lipinski definition) is 0. The van der Waals surface area contributed by atoms with Gasteiger partial charge in [-0.1, -0.05) is 12.2 Å². The van der Waals surface area contributed by atoms with E-state index in [0.717, 1.165) is 0 Å². The van der Waals surface area contributed by atoms with Crippen molar-refractivity contribution in [2.24, 2.45) is 5.92 Å². The van der Waals surface area contributed by atoms with E-state index in [4.69, 9.17) is 7.85 Å². The summed E-state index contributed by atoms with van der Waals surface area (Å²) in [5.74, 6) is -0.841. The Balaban J connectivity index is 2.86. The van der Waals surface area contributed by atoms with Gasteiger partial charge in [0.1, 0.15) is 6.29 Å². The van der Waals surface area contributed by atoms with Gasteiger partial charge in [-0.3, -0.25) is 0 Å². The van der Waals surface area contributed by atoms with Crippen LogP contribution in [0, 0.1) is 5.92 Å². The standard InChI is InChI=1S/C8H9BF2O/c9-8(7(10)11)4-2-1-3-6(8)5-12/h1,3,5-7H,2,4H2. The smallest absolute Gasteiger partial charge is 0.237 e. The van der Waals surface area contributed by atoms with E-state index in [-0.39, 0.29) is 6.42 Å². The maximum Gasteiger partial charge on any atom is 0.237 e. The SMILES string of the molecule is [B]C1(C(F)F)CCC=CC1C=O. The lowest BCUT2D eigenvalue weighted by Crippen LogP contribution is -2.32. The van der Waals surface area contributed by atoms with Crippen molar-refractivity contribution >= 4 is 14.1 Å². The molecule has 1 aliphatic rings. The first-order valence-electron chi connectivity index (χ1n) is 3.80. The van der Waals surface area contributed by atoms with Gasteiger partial charge in [0, 0.05) is 11.2 Å². The zero-order chi connectivity index (χ0) is 9.19. The Labute approximate surface area is 71.2 Å². The lowest BCUT2D eigenvalue weighted by atomic mass is 9.57. The molecular weight excluding hydrogens is 161 g/mol. The summed E-state index contributed by atoms with van der Waals surface area (Å²) in [6, 6.07) is 0. The van der Waals surface area contributed by atoms with Crippen molar-refractivity contribution in [2.75, 3.05) is 0 Å². The fraction of sp³-hybridized carbons (Fsp3) is 0.625. The Bertz CT molecular complexity index is 205. The van der Waals surface area contributed by atoms with E-state index in [1.807, 2.05) is 0 Å².